The van der Waals surface area contributed by atoms with Crippen molar-refractivity contribution in [3.8, 4) is 0 Å². The molecule has 0 unspecified atom stereocenters. The van der Waals surface area contributed by atoms with E-state index in [9.17, 15) is 14.4 Å². The lowest BCUT2D eigenvalue weighted by molar-refractivity contribution is -0.116. The number of halogens is 2. The quantitative estimate of drug-likeness (QED) is 0.550. The van der Waals surface area contributed by atoms with Crippen molar-refractivity contribution in [1.29, 1.82) is 0 Å². The molecule has 0 bridgehead atoms. The maximum Gasteiger partial charge on any atom is 0.291 e. The van der Waals surface area contributed by atoms with E-state index >= 15 is 0 Å². The fourth-order valence-corrected chi connectivity index (χ4v) is 3.06. The summed E-state index contributed by atoms with van der Waals surface area (Å²) in [5, 5.41) is 6.08. The summed E-state index contributed by atoms with van der Waals surface area (Å²) in [6.45, 7) is 1.63. The Morgan fingerprint density at radius 3 is 2.45 bits per heavy atom. The second-order valence-electron chi connectivity index (χ2n) is 6.80. The highest BCUT2D eigenvalue weighted by Crippen LogP contribution is 2.25. The van der Waals surface area contributed by atoms with Gasteiger partial charge in [0.25, 0.3) is 11.8 Å². The van der Waals surface area contributed by atoms with Crippen molar-refractivity contribution < 1.29 is 18.8 Å². The molecule has 0 aliphatic heterocycles. The average Bonchev–Trinajstić information content (AvgIpc) is 3.27. The third-order valence-electron chi connectivity index (χ3n) is 4.41. The highest BCUT2D eigenvalue weighted by Gasteiger charge is 2.18. The fraction of sp³-hybridized carbons (Fsp3) is 0.136. The van der Waals surface area contributed by atoms with Gasteiger partial charge >= 0.3 is 0 Å². The van der Waals surface area contributed by atoms with E-state index in [-0.39, 0.29) is 18.2 Å². The van der Waals surface area contributed by atoms with Crippen LogP contribution in [0, 0.1) is 6.92 Å². The van der Waals surface area contributed by atoms with E-state index in [2.05, 4.69) is 10.6 Å². The molecule has 3 aromatic rings. The Bertz CT molecular complexity index is 1130. The zero-order chi connectivity index (χ0) is 22.5. The lowest BCUT2D eigenvalue weighted by atomic mass is 10.1. The molecule has 31 heavy (non-hydrogen) atoms. The number of furan rings is 1. The van der Waals surface area contributed by atoms with E-state index in [1.807, 2.05) is 0 Å². The molecule has 0 saturated carbocycles. The molecule has 0 saturated heterocycles. The molecule has 0 aliphatic rings. The van der Waals surface area contributed by atoms with Crippen molar-refractivity contribution >= 4 is 52.3 Å². The maximum atomic E-state index is 12.8. The van der Waals surface area contributed by atoms with E-state index in [1.165, 1.54) is 24.3 Å². The number of carbonyl (C=O) groups is 3. The van der Waals surface area contributed by atoms with Gasteiger partial charge in [-0.25, -0.2) is 0 Å². The van der Waals surface area contributed by atoms with Gasteiger partial charge in [0.1, 0.15) is 0 Å². The Balaban J connectivity index is 1.66. The Morgan fingerprint density at radius 2 is 1.77 bits per heavy atom. The molecule has 3 amide bonds. The lowest BCUT2D eigenvalue weighted by Gasteiger charge is -2.18. The molecule has 0 atom stereocenters. The van der Waals surface area contributed by atoms with Crippen LogP contribution in [-0.2, 0) is 4.79 Å². The number of anilines is 2. The van der Waals surface area contributed by atoms with Gasteiger partial charge in [-0.2, -0.15) is 0 Å². The predicted molar refractivity (Wildman–Crippen MR) is 120 cm³/mol. The predicted octanol–water partition coefficient (Wildman–Crippen LogP) is 4.86. The number of benzene rings is 2. The van der Waals surface area contributed by atoms with Crippen molar-refractivity contribution in [2.24, 2.45) is 0 Å². The summed E-state index contributed by atoms with van der Waals surface area (Å²) in [5.74, 6) is -1.04. The van der Waals surface area contributed by atoms with Gasteiger partial charge < -0.3 is 20.0 Å². The van der Waals surface area contributed by atoms with E-state index < -0.39 is 11.8 Å². The van der Waals surface area contributed by atoms with E-state index in [0.29, 0.717) is 27.0 Å². The topological polar surface area (TPSA) is 91.7 Å². The molecular formula is C22H19Cl2N3O4. The standard InChI is InChI=1S/C22H19Cl2N3O4/c1-13-5-6-14(10-18(13)26-21(29)19-4-3-9-31-19)22(30)27(2)12-20(28)25-15-7-8-16(23)17(24)11-15/h3-11H,12H2,1-2H3,(H,25,28)(H,26,29). The molecule has 0 fully saturated rings. The third-order valence-corrected chi connectivity index (χ3v) is 5.15. The molecule has 3 rings (SSSR count). The first-order valence-corrected chi connectivity index (χ1v) is 9.96. The van der Waals surface area contributed by atoms with Crippen molar-refractivity contribution in [2.45, 2.75) is 6.92 Å². The molecule has 160 valence electrons. The highest BCUT2D eigenvalue weighted by atomic mass is 35.5. The van der Waals surface area contributed by atoms with Gasteiger partial charge in [0, 0.05) is 24.0 Å². The Hall–Kier alpha value is -3.29. The first-order valence-electron chi connectivity index (χ1n) is 9.20. The van der Waals surface area contributed by atoms with Gasteiger partial charge in [-0.15, -0.1) is 0 Å². The highest BCUT2D eigenvalue weighted by molar-refractivity contribution is 6.42. The number of hydrogen-bond acceptors (Lipinski definition) is 4. The minimum atomic E-state index is -0.424. The Morgan fingerprint density at radius 1 is 1.00 bits per heavy atom. The van der Waals surface area contributed by atoms with Crippen LogP contribution in [0.3, 0.4) is 0 Å². The second-order valence-corrected chi connectivity index (χ2v) is 7.61. The summed E-state index contributed by atoms with van der Waals surface area (Å²) >= 11 is 11.8. The van der Waals surface area contributed by atoms with Gasteiger partial charge in [0.05, 0.1) is 22.9 Å². The number of amides is 3. The van der Waals surface area contributed by atoms with Crippen LogP contribution in [0.2, 0.25) is 10.0 Å². The first kappa shape index (κ1) is 22.4. The van der Waals surface area contributed by atoms with Crippen LogP contribution in [-0.4, -0.2) is 36.2 Å². The minimum absolute atomic E-state index is 0.159. The van der Waals surface area contributed by atoms with E-state index in [0.717, 1.165) is 5.56 Å². The largest absolute Gasteiger partial charge is 0.459 e. The SMILES string of the molecule is Cc1ccc(C(=O)N(C)CC(=O)Nc2ccc(Cl)c(Cl)c2)cc1NC(=O)c1ccco1. The molecule has 7 nitrogen and oxygen atoms in total. The summed E-state index contributed by atoms with van der Waals surface area (Å²) in [6, 6.07) is 12.8. The zero-order valence-corrected chi connectivity index (χ0v) is 18.3. The number of likely N-dealkylation sites (N-methyl/N-ethyl adjacent to an activating group) is 1. The third kappa shape index (κ3) is 5.65. The number of carbonyl (C=O) groups excluding carboxylic acids is 3. The summed E-state index contributed by atoms with van der Waals surface area (Å²) in [7, 11) is 1.51. The molecular weight excluding hydrogens is 441 g/mol. The molecule has 0 aliphatic carbocycles. The van der Waals surface area contributed by atoms with Crippen LogP contribution < -0.4 is 10.6 Å². The van der Waals surface area contributed by atoms with Crippen LogP contribution in [0.4, 0.5) is 11.4 Å². The van der Waals surface area contributed by atoms with Crippen LogP contribution in [0.25, 0.3) is 0 Å². The van der Waals surface area contributed by atoms with Crippen molar-refractivity contribution in [3.63, 3.8) is 0 Å². The molecule has 0 radical (unpaired) electrons. The monoisotopic (exact) mass is 459 g/mol. The van der Waals surface area contributed by atoms with Gasteiger partial charge in [-0.3, -0.25) is 14.4 Å². The fourth-order valence-electron chi connectivity index (χ4n) is 2.76. The lowest BCUT2D eigenvalue weighted by Crippen LogP contribution is -2.35. The summed E-state index contributed by atoms with van der Waals surface area (Å²) in [5.41, 5.74) is 2.04. The van der Waals surface area contributed by atoms with Gasteiger partial charge in [-0.1, -0.05) is 29.3 Å². The van der Waals surface area contributed by atoms with Crippen LogP contribution in [0.15, 0.2) is 59.2 Å². The van der Waals surface area contributed by atoms with Gasteiger partial charge in [-0.05, 0) is 55.0 Å². The number of nitrogens with zero attached hydrogens (tertiary/aromatic N) is 1. The molecule has 0 spiro atoms. The number of aryl methyl sites for hydroxylation is 1. The zero-order valence-electron chi connectivity index (χ0n) is 16.7. The van der Waals surface area contributed by atoms with E-state index in [4.69, 9.17) is 27.6 Å². The van der Waals surface area contributed by atoms with Crippen molar-refractivity contribution in [3.05, 3.63) is 81.7 Å². The van der Waals surface area contributed by atoms with E-state index in [1.54, 1.807) is 49.4 Å². The normalized spacial score (nSPS) is 10.5. The van der Waals surface area contributed by atoms with Gasteiger partial charge in [0.2, 0.25) is 5.91 Å². The molecule has 2 aromatic carbocycles. The second kappa shape index (κ2) is 9.68. The first-order chi connectivity index (χ1) is 14.7. The van der Waals surface area contributed by atoms with Gasteiger partial charge in [0.15, 0.2) is 5.76 Å². The summed E-state index contributed by atoms with van der Waals surface area (Å²) in [6.07, 6.45) is 1.40. The number of rotatable bonds is 6. The molecule has 1 heterocycles. The van der Waals surface area contributed by atoms with Crippen molar-refractivity contribution in [2.75, 3.05) is 24.2 Å². The Kier molecular flexibility index (Phi) is 6.99. The summed E-state index contributed by atoms with van der Waals surface area (Å²) in [4.78, 5) is 38.6. The number of hydrogen-bond donors (Lipinski definition) is 2. The molecule has 1 aromatic heterocycles. The minimum Gasteiger partial charge on any atom is -0.459 e. The number of nitrogens with one attached hydrogen (secondary N) is 2. The van der Waals surface area contributed by atoms with Crippen molar-refractivity contribution in [1.82, 2.24) is 4.90 Å². The van der Waals surface area contributed by atoms with Crippen LogP contribution >= 0.6 is 23.2 Å². The maximum absolute atomic E-state index is 12.8. The molecule has 2 N–H and O–H groups in total. The Labute approximate surface area is 188 Å². The average molecular weight is 460 g/mol. The van der Waals surface area contributed by atoms with Crippen LogP contribution in [0.5, 0.6) is 0 Å². The summed E-state index contributed by atoms with van der Waals surface area (Å²) < 4.78 is 5.08. The van der Waals surface area contributed by atoms with Crippen LogP contribution in [0.1, 0.15) is 26.5 Å². The smallest absolute Gasteiger partial charge is 0.291 e. The molecule has 9 heteroatoms.